The van der Waals surface area contributed by atoms with Crippen molar-refractivity contribution in [2.45, 2.75) is 32.2 Å². The molecule has 1 rings (SSSR count). The van der Waals surface area contributed by atoms with Crippen LogP contribution in [-0.4, -0.2) is 25.8 Å². The van der Waals surface area contributed by atoms with E-state index >= 15 is 0 Å². The van der Waals surface area contributed by atoms with Gasteiger partial charge in [-0.25, -0.2) is 0 Å². The predicted octanol–water partition coefficient (Wildman–Crippen LogP) is 1.30. The van der Waals surface area contributed by atoms with Crippen molar-refractivity contribution in [3.63, 3.8) is 0 Å². The highest BCUT2D eigenvalue weighted by atomic mass is 16.5. The topological polar surface area (TPSA) is 45.0 Å². The Kier molecular flexibility index (Phi) is 4.81. The molecule has 1 aliphatic rings. The summed E-state index contributed by atoms with van der Waals surface area (Å²) in [5, 5.41) is 12.0. The second-order valence-electron chi connectivity index (χ2n) is 3.58. The van der Waals surface area contributed by atoms with Gasteiger partial charge in [0.05, 0.1) is 18.7 Å². The lowest BCUT2D eigenvalue weighted by Gasteiger charge is -2.23. The maximum atomic E-state index is 8.71. The Morgan fingerprint density at radius 2 is 2.54 bits per heavy atom. The van der Waals surface area contributed by atoms with Crippen molar-refractivity contribution in [3.05, 3.63) is 0 Å². The van der Waals surface area contributed by atoms with Crippen LogP contribution in [0, 0.1) is 17.2 Å². The van der Waals surface area contributed by atoms with Crippen molar-refractivity contribution in [2.24, 2.45) is 5.92 Å². The third-order valence-corrected chi connectivity index (χ3v) is 2.47. The molecule has 2 unspecified atom stereocenters. The van der Waals surface area contributed by atoms with Crippen LogP contribution >= 0.6 is 0 Å². The molecule has 0 bridgehead atoms. The molecule has 0 aromatic heterocycles. The zero-order valence-electron chi connectivity index (χ0n) is 8.25. The van der Waals surface area contributed by atoms with Crippen molar-refractivity contribution in [2.75, 3.05) is 19.8 Å². The molecular weight excluding hydrogens is 164 g/mol. The Labute approximate surface area is 80.1 Å². The van der Waals surface area contributed by atoms with Gasteiger partial charge in [-0.2, -0.15) is 5.26 Å². The average Bonchev–Trinajstić information content (AvgIpc) is 2.21. The number of hydrogen-bond donors (Lipinski definition) is 1. The molecule has 3 nitrogen and oxygen atoms in total. The summed E-state index contributed by atoms with van der Waals surface area (Å²) in [6, 6.07) is 2.26. The Balaban J connectivity index is 2.13. The summed E-state index contributed by atoms with van der Waals surface area (Å²) in [7, 11) is 0. The fourth-order valence-electron chi connectivity index (χ4n) is 1.56. The first-order valence-electron chi connectivity index (χ1n) is 5.07. The van der Waals surface area contributed by atoms with Gasteiger partial charge < -0.3 is 10.1 Å². The molecule has 1 aliphatic heterocycles. The summed E-state index contributed by atoms with van der Waals surface area (Å²) in [6.45, 7) is 4.71. The van der Waals surface area contributed by atoms with Crippen LogP contribution in [0.4, 0.5) is 0 Å². The van der Waals surface area contributed by atoms with Crippen LogP contribution in [0.15, 0.2) is 0 Å². The minimum Gasteiger partial charge on any atom is -0.381 e. The Bertz CT molecular complexity index is 170. The van der Waals surface area contributed by atoms with Gasteiger partial charge in [0.1, 0.15) is 0 Å². The number of nitrogens with one attached hydrogen (secondary N) is 1. The van der Waals surface area contributed by atoms with E-state index in [1.54, 1.807) is 0 Å². The predicted molar refractivity (Wildman–Crippen MR) is 51.2 cm³/mol. The van der Waals surface area contributed by atoms with E-state index in [1.165, 1.54) is 6.42 Å². The summed E-state index contributed by atoms with van der Waals surface area (Å²) in [5.41, 5.74) is 0. The second kappa shape index (κ2) is 5.95. The van der Waals surface area contributed by atoms with Crippen LogP contribution in [0.25, 0.3) is 0 Å². The normalized spacial score (nSPS) is 25.1. The molecule has 0 saturated carbocycles. The monoisotopic (exact) mass is 182 g/mol. The zero-order valence-corrected chi connectivity index (χ0v) is 8.25. The van der Waals surface area contributed by atoms with Crippen LogP contribution in [-0.2, 0) is 4.74 Å². The van der Waals surface area contributed by atoms with Gasteiger partial charge in [-0.05, 0) is 25.2 Å². The fraction of sp³-hybridized carbons (Fsp3) is 0.900. The molecule has 1 heterocycles. The standard InChI is InChI=1S/C10H18N2O/c1-2-10(6-11)12-7-9-4-3-5-13-8-9/h9-10,12H,2-5,7-8H2,1H3. The van der Waals surface area contributed by atoms with Crippen molar-refractivity contribution >= 4 is 0 Å². The lowest BCUT2D eigenvalue weighted by atomic mass is 10.0. The van der Waals surface area contributed by atoms with E-state index in [1.807, 2.05) is 6.92 Å². The SMILES string of the molecule is CCC(C#N)NCC1CCCOC1. The maximum absolute atomic E-state index is 8.71. The smallest absolute Gasteiger partial charge is 0.0950 e. The van der Waals surface area contributed by atoms with E-state index in [9.17, 15) is 0 Å². The fourth-order valence-corrected chi connectivity index (χ4v) is 1.56. The number of ether oxygens (including phenoxy) is 1. The molecule has 1 N–H and O–H groups in total. The molecule has 1 fully saturated rings. The summed E-state index contributed by atoms with van der Waals surface area (Å²) in [5.74, 6) is 0.608. The lowest BCUT2D eigenvalue weighted by Crippen LogP contribution is -2.35. The van der Waals surface area contributed by atoms with E-state index in [-0.39, 0.29) is 6.04 Å². The van der Waals surface area contributed by atoms with E-state index in [4.69, 9.17) is 10.00 Å². The van der Waals surface area contributed by atoms with Crippen molar-refractivity contribution in [1.82, 2.24) is 5.32 Å². The minimum absolute atomic E-state index is 0.0157. The van der Waals surface area contributed by atoms with Crippen LogP contribution in [0.1, 0.15) is 26.2 Å². The molecule has 0 aliphatic carbocycles. The number of nitrogens with zero attached hydrogens (tertiary/aromatic N) is 1. The van der Waals surface area contributed by atoms with Gasteiger partial charge in [0.2, 0.25) is 0 Å². The van der Waals surface area contributed by atoms with Crippen LogP contribution in [0.5, 0.6) is 0 Å². The summed E-state index contributed by atoms with van der Waals surface area (Å²) < 4.78 is 5.36. The summed E-state index contributed by atoms with van der Waals surface area (Å²) in [6.07, 6.45) is 3.27. The summed E-state index contributed by atoms with van der Waals surface area (Å²) in [4.78, 5) is 0. The van der Waals surface area contributed by atoms with Gasteiger partial charge in [0.15, 0.2) is 0 Å². The van der Waals surface area contributed by atoms with E-state index in [0.29, 0.717) is 5.92 Å². The molecule has 13 heavy (non-hydrogen) atoms. The first kappa shape index (κ1) is 10.5. The van der Waals surface area contributed by atoms with Crippen LogP contribution < -0.4 is 5.32 Å². The Hall–Kier alpha value is -0.590. The van der Waals surface area contributed by atoms with Crippen LogP contribution in [0.3, 0.4) is 0 Å². The van der Waals surface area contributed by atoms with E-state index in [0.717, 1.165) is 32.6 Å². The summed E-state index contributed by atoms with van der Waals surface area (Å²) >= 11 is 0. The van der Waals surface area contributed by atoms with Crippen LogP contribution in [0.2, 0.25) is 0 Å². The third kappa shape index (κ3) is 3.75. The lowest BCUT2D eigenvalue weighted by molar-refractivity contribution is 0.0543. The highest BCUT2D eigenvalue weighted by Gasteiger charge is 2.14. The first-order chi connectivity index (χ1) is 6.36. The quantitative estimate of drug-likeness (QED) is 0.713. The molecule has 2 atom stereocenters. The first-order valence-corrected chi connectivity index (χ1v) is 5.07. The van der Waals surface area contributed by atoms with Gasteiger partial charge in [-0.3, -0.25) is 0 Å². The van der Waals surface area contributed by atoms with E-state index in [2.05, 4.69) is 11.4 Å². The molecule has 0 radical (unpaired) electrons. The molecule has 0 aromatic carbocycles. The van der Waals surface area contributed by atoms with Gasteiger partial charge in [-0.1, -0.05) is 6.92 Å². The average molecular weight is 182 g/mol. The van der Waals surface area contributed by atoms with Gasteiger partial charge in [-0.15, -0.1) is 0 Å². The highest BCUT2D eigenvalue weighted by Crippen LogP contribution is 2.12. The van der Waals surface area contributed by atoms with Gasteiger partial charge in [0.25, 0.3) is 0 Å². The largest absolute Gasteiger partial charge is 0.381 e. The molecule has 74 valence electrons. The molecule has 1 saturated heterocycles. The number of rotatable bonds is 4. The number of hydrogen-bond acceptors (Lipinski definition) is 3. The zero-order chi connectivity index (χ0) is 9.52. The second-order valence-corrected chi connectivity index (χ2v) is 3.58. The Morgan fingerprint density at radius 3 is 3.08 bits per heavy atom. The molecule has 0 amide bonds. The van der Waals surface area contributed by atoms with Crippen molar-refractivity contribution in [3.8, 4) is 6.07 Å². The maximum Gasteiger partial charge on any atom is 0.0950 e. The minimum atomic E-state index is 0.0157. The van der Waals surface area contributed by atoms with Gasteiger partial charge in [0, 0.05) is 13.2 Å². The molecule has 3 heteroatoms. The highest BCUT2D eigenvalue weighted by molar-refractivity contribution is 4.88. The molecule has 0 spiro atoms. The van der Waals surface area contributed by atoms with Crippen molar-refractivity contribution in [1.29, 1.82) is 5.26 Å². The van der Waals surface area contributed by atoms with E-state index < -0.39 is 0 Å². The number of nitriles is 1. The van der Waals surface area contributed by atoms with Gasteiger partial charge >= 0.3 is 0 Å². The molecular formula is C10H18N2O. The Morgan fingerprint density at radius 1 is 1.69 bits per heavy atom. The molecule has 0 aromatic rings. The third-order valence-electron chi connectivity index (χ3n) is 2.47. The van der Waals surface area contributed by atoms with Crippen molar-refractivity contribution < 1.29 is 4.74 Å².